The molecule has 0 N–H and O–H groups in total. The van der Waals surface area contributed by atoms with E-state index in [-0.39, 0.29) is 35.6 Å². The molecule has 0 radical (unpaired) electrons. The van der Waals surface area contributed by atoms with Crippen LogP contribution >= 0.6 is 0 Å². The Morgan fingerprint density at radius 1 is 0.689 bits per heavy atom. The van der Waals surface area contributed by atoms with Crippen LogP contribution in [0.25, 0.3) is 0 Å². The fourth-order valence-electron chi connectivity index (χ4n) is 11.5. The lowest BCUT2D eigenvalue weighted by Crippen LogP contribution is -2.74. The van der Waals surface area contributed by atoms with Crippen molar-refractivity contribution < 1.29 is 48.1 Å². The van der Waals surface area contributed by atoms with Gasteiger partial charge in [-0.1, -0.05) is 46.5 Å². The average Bonchev–Trinajstić information content (AvgIpc) is 3.38. The summed E-state index contributed by atoms with van der Waals surface area (Å²) in [6.07, 6.45) is 9.90. The summed E-state index contributed by atoms with van der Waals surface area (Å²) in [6, 6.07) is 0. The molecule has 14 atom stereocenters. The van der Waals surface area contributed by atoms with Crippen LogP contribution in [0.15, 0.2) is 0 Å². The first kappa shape index (κ1) is 31.0. The highest BCUT2D eigenvalue weighted by Crippen LogP contribution is 2.67. The van der Waals surface area contributed by atoms with Gasteiger partial charge in [0.2, 0.25) is 24.2 Å². The number of fused-ring (bicyclic) bond motifs is 4. The molecule has 45 heavy (non-hydrogen) atoms. The zero-order valence-electron chi connectivity index (χ0n) is 27.7. The van der Waals surface area contributed by atoms with Crippen molar-refractivity contribution in [3.05, 3.63) is 0 Å². The summed E-state index contributed by atoms with van der Waals surface area (Å²) in [5.41, 5.74) is -2.79. The molecule has 0 amide bonds. The zero-order chi connectivity index (χ0) is 31.4. The smallest absolute Gasteiger partial charge is 0.314 e. The Bertz CT molecular complexity index is 1210. The number of carbonyl (C=O) groups is 2. The molecular formula is C35H52O10. The number of carbonyl (C=O) groups excluding carboxylic acids is 2. The van der Waals surface area contributed by atoms with Crippen molar-refractivity contribution in [2.45, 2.75) is 160 Å². The molecule has 10 fully saturated rings. The molecule has 8 saturated heterocycles. The predicted molar refractivity (Wildman–Crippen MR) is 157 cm³/mol. The standard InChI is InChI=1S/C35H52O10/c1-6-7-8-9-16-33(26-13-11-21(3)24-15-18-32(5)41-30(39-28(33)37)35(24,26)45-43-32)19-22-25-12-10-20(2)23-14-17-31(4)40-29(38-27(22)36)34(23,25)44-42-31/h20-26,29-30H,6-19H2,1-5H3/t20-,21-,22?,23+,24+,25+,26+,29-,30-,31-,32-,33?,34-,35-/m1/s1. The first-order valence-corrected chi connectivity index (χ1v) is 18.0. The Kier molecular flexibility index (Phi) is 7.30. The van der Waals surface area contributed by atoms with Crippen molar-refractivity contribution >= 4 is 11.9 Å². The van der Waals surface area contributed by atoms with Crippen LogP contribution < -0.4 is 0 Å². The summed E-state index contributed by atoms with van der Waals surface area (Å²) in [6.45, 7) is 10.5. The van der Waals surface area contributed by atoms with Crippen molar-refractivity contribution in [3.63, 3.8) is 0 Å². The third kappa shape index (κ3) is 4.27. The largest absolute Gasteiger partial charge is 0.432 e. The molecule has 0 aromatic carbocycles. The molecule has 2 spiro atoms. The van der Waals surface area contributed by atoms with Crippen LogP contribution in [0.2, 0.25) is 0 Å². The van der Waals surface area contributed by atoms with E-state index in [2.05, 4.69) is 20.8 Å². The Morgan fingerprint density at radius 2 is 1.31 bits per heavy atom. The number of unbranched alkanes of at least 4 members (excludes halogenated alkanes) is 3. The molecular weight excluding hydrogens is 580 g/mol. The molecule has 10 aliphatic rings. The van der Waals surface area contributed by atoms with Gasteiger partial charge in [0, 0.05) is 36.5 Å². The minimum absolute atomic E-state index is 0.109. The summed E-state index contributed by atoms with van der Waals surface area (Å²) in [4.78, 5) is 54.0. The van der Waals surface area contributed by atoms with Gasteiger partial charge in [-0.2, -0.15) is 0 Å². The van der Waals surface area contributed by atoms with Crippen LogP contribution in [0.4, 0.5) is 0 Å². The van der Waals surface area contributed by atoms with Crippen molar-refractivity contribution in [3.8, 4) is 0 Å². The second kappa shape index (κ2) is 10.6. The van der Waals surface area contributed by atoms with Crippen molar-refractivity contribution in [2.75, 3.05) is 0 Å². The molecule has 10 heteroatoms. The molecule has 252 valence electrons. The highest BCUT2D eigenvalue weighted by atomic mass is 17.3. The maximum absolute atomic E-state index is 14.7. The quantitative estimate of drug-likeness (QED) is 0.175. The lowest BCUT2D eigenvalue weighted by Gasteiger charge is -2.63. The minimum atomic E-state index is -0.964. The van der Waals surface area contributed by atoms with E-state index in [1.165, 1.54) is 0 Å². The molecule has 10 nitrogen and oxygen atoms in total. The highest BCUT2D eigenvalue weighted by Gasteiger charge is 2.76. The molecule has 8 heterocycles. The van der Waals surface area contributed by atoms with Crippen LogP contribution in [0, 0.1) is 46.8 Å². The summed E-state index contributed by atoms with van der Waals surface area (Å²) in [5, 5.41) is 0. The van der Waals surface area contributed by atoms with Gasteiger partial charge in [0.25, 0.3) is 0 Å². The molecule has 4 bridgehead atoms. The lowest BCUT2D eigenvalue weighted by molar-refractivity contribution is -0.564. The third-order valence-corrected chi connectivity index (χ3v) is 13.9. The Labute approximate surface area is 266 Å². The van der Waals surface area contributed by atoms with Crippen LogP contribution in [0.1, 0.15) is 125 Å². The fourth-order valence-corrected chi connectivity index (χ4v) is 11.5. The van der Waals surface area contributed by atoms with Gasteiger partial charge in [-0.05, 0) is 77.0 Å². The first-order valence-electron chi connectivity index (χ1n) is 18.0. The van der Waals surface area contributed by atoms with Crippen molar-refractivity contribution in [2.24, 2.45) is 46.8 Å². The summed E-state index contributed by atoms with van der Waals surface area (Å²) in [7, 11) is 0. The average molecular weight is 633 g/mol. The zero-order valence-corrected chi connectivity index (χ0v) is 27.7. The van der Waals surface area contributed by atoms with Crippen LogP contribution in [0.3, 0.4) is 0 Å². The van der Waals surface area contributed by atoms with Gasteiger partial charge < -0.3 is 18.9 Å². The van der Waals surface area contributed by atoms with E-state index in [0.717, 1.165) is 64.2 Å². The second-order valence-corrected chi connectivity index (χ2v) is 16.4. The Hall–Kier alpha value is -1.30. The maximum atomic E-state index is 14.7. The van der Waals surface area contributed by atoms with Crippen molar-refractivity contribution in [1.82, 2.24) is 0 Å². The summed E-state index contributed by atoms with van der Waals surface area (Å²) in [5.74, 6) is -2.55. The van der Waals surface area contributed by atoms with E-state index >= 15 is 0 Å². The molecule has 0 aromatic rings. The molecule has 2 aliphatic carbocycles. The van der Waals surface area contributed by atoms with Gasteiger partial charge in [-0.3, -0.25) is 9.59 Å². The number of hydrogen-bond donors (Lipinski definition) is 0. The van der Waals surface area contributed by atoms with Crippen molar-refractivity contribution in [1.29, 1.82) is 0 Å². The number of rotatable bonds is 7. The Balaban J connectivity index is 1.21. The molecule has 0 aromatic heterocycles. The van der Waals surface area contributed by atoms with Crippen LogP contribution in [-0.4, -0.2) is 47.3 Å². The van der Waals surface area contributed by atoms with Gasteiger partial charge in [-0.15, -0.1) is 0 Å². The summed E-state index contributed by atoms with van der Waals surface area (Å²) < 4.78 is 25.5. The van der Waals surface area contributed by atoms with Gasteiger partial charge in [-0.25, -0.2) is 19.6 Å². The molecule has 2 unspecified atom stereocenters. The van der Waals surface area contributed by atoms with E-state index in [0.29, 0.717) is 37.5 Å². The van der Waals surface area contributed by atoms with Gasteiger partial charge in [0.1, 0.15) is 0 Å². The fraction of sp³-hybridized carbons (Fsp3) is 0.943. The van der Waals surface area contributed by atoms with Gasteiger partial charge in [0.15, 0.2) is 11.2 Å². The maximum Gasteiger partial charge on any atom is 0.314 e. The number of ether oxygens (including phenoxy) is 4. The topological polar surface area (TPSA) is 108 Å². The van der Waals surface area contributed by atoms with Gasteiger partial charge >= 0.3 is 11.9 Å². The number of esters is 2. The third-order valence-electron chi connectivity index (χ3n) is 13.9. The normalized spacial score (nSPS) is 54.7. The highest BCUT2D eigenvalue weighted by molar-refractivity contribution is 5.81. The van der Waals surface area contributed by atoms with E-state index < -0.39 is 46.7 Å². The Morgan fingerprint density at radius 3 is 2.00 bits per heavy atom. The number of hydrogen-bond acceptors (Lipinski definition) is 10. The SMILES string of the molecule is CCCCCCC1(CC2C(=O)O[C@@H]3O[C@@]4(C)CC[C@H]5[C@H](C)CC[C@@H]2[C@@]35OO4)C(=O)O[C@@H]2O[C@@]3(C)CC[C@H]4[C@H](C)CC[C@@H]1[C@@]24OO3. The molecule has 2 saturated carbocycles. The second-order valence-electron chi connectivity index (χ2n) is 16.4. The van der Waals surface area contributed by atoms with E-state index in [1.54, 1.807) is 0 Å². The first-order chi connectivity index (χ1) is 21.5. The summed E-state index contributed by atoms with van der Waals surface area (Å²) >= 11 is 0. The minimum Gasteiger partial charge on any atom is -0.432 e. The van der Waals surface area contributed by atoms with Gasteiger partial charge in [0.05, 0.1) is 11.3 Å². The van der Waals surface area contributed by atoms with Crippen LogP contribution in [0.5, 0.6) is 0 Å². The predicted octanol–water partition coefficient (Wildman–Crippen LogP) is 6.49. The lowest BCUT2D eigenvalue weighted by atomic mass is 9.49. The molecule has 10 rings (SSSR count). The van der Waals surface area contributed by atoms with Crippen LogP contribution in [-0.2, 0) is 48.1 Å². The van der Waals surface area contributed by atoms with E-state index in [9.17, 15) is 9.59 Å². The van der Waals surface area contributed by atoms with E-state index in [4.69, 9.17) is 38.5 Å². The molecule has 8 aliphatic heterocycles. The monoisotopic (exact) mass is 632 g/mol. The van der Waals surface area contributed by atoms with E-state index in [1.807, 2.05) is 13.8 Å².